The number of aliphatic carboxylic acids is 1. The van der Waals surface area contributed by atoms with Gasteiger partial charge in [0, 0.05) is 13.5 Å². The molecule has 4 heteroatoms. The van der Waals surface area contributed by atoms with E-state index >= 15 is 0 Å². The van der Waals surface area contributed by atoms with E-state index in [0.717, 1.165) is 12.8 Å². The first-order valence-corrected chi connectivity index (χ1v) is 5.08. The Morgan fingerprint density at radius 1 is 1.50 bits per heavy atom. The van der Waals surface area contributed by atoms with Crippen molar-refractivity contribution >= 4 is 11.9 Å². The molecule has 0 spiro atoms. The molecule has 2 rings (SSSR count). The quantitative estimate of drug-likeness (QED) is 0.678. The Morgan fingerprint density at radius 2 is 2.21 bits per heavy atom. The highest BCUT2D eigenvalue weighted by Gasteiger charge is 2.54. The Hall–Kier alpha value is -1.06. The van der Waals surface area contributed by atoms with E-state index in [1.54, 1.807) is 4.90 Å². The van der Waals surface area contributed by atoms with Crippen LogP contribution in [0.25, 0.3) is 0 Å². The summed E-state index contributed by atoms with van der Waals surface area (Å²) in [5, 5.41) is 9.24. The highest BCUT2D eigenvalue weighted by atomic mass is 16.4. The van der Waals surface area contributed by atoms with Gasteiger partial charge < -0.3 is 10.0 Å². The van der Waals surface area contributed by atoms with E-state index in [-0.39, 0.29) is 5.91 Å². The zero-order valence-corrected chi connectivity index (χ0v) is 8.32. The number of likely N-dealkylation sites (tertiary alicyclic amines) is 1. The molecule has 1 amide bonds. The lowest BCUT2D eigenvalue weighted by Gasteiger charge is -2.34. The van der Waals surface area contributed by atoms with Gasteiger partial charge in [-0.25, -0.2) is 4.79 Å². The number of hydrogen-bond donors (Lipinski definition) is 1. The Labute approximate surface area is 82.9 Å². The second-order valence-corrected chi connectivity index (χ2v) is 4.43. The van der Waals surface area contributed by atoms with Crippen LogP contribution in [0.4, 0.5) is 0 Å². The fourth-order valence-corrected chi connectivity index (χ4v) is 2.94. The molecule has 1 saturated heterocycles. The van der Waals surface area contributed by atoms with Gasteiger partial charge in [0.25, 0.3) is 0 Å². The lowest BCUT2D eigenvalue weighted by molar-refractivity contribution is -0.156. The maximum atomic E-state index is 11.4. The minimum Gasteiger partial charge on any atom is -0.479 e. The second kappa shape index (κ2) is 2.97. The molecule has 2 fully saturated rings. The maximum absolute atomic E-state index is 11.4. The van der Waals surface area contributed by atoms with Crippen LogP contribution in [-0.4, -0.2) is 34.0 Å². The smallest absolute Gasteiger partial charge is 0.329 e. The Bertz CT molecular complexity index is 289. The highest BCUT2D eigenvalue weighted by Crippen LogP contribution is 2.44. The number of nitrogens with zero attached hydrogens (tertiary/aromatic N) is 1. The summed E-state index contributed by atoms with van der Waals surface area (Å²) in [6.45, 7) is 2.10. The number of hydrogen-bond acceptors (Lipinski definition) is 2. The van der Waals surface area contributed by atoms with Gasteiger partial charge in [-0.2, -0.15) is 0 Å². The van der Waals surface area contributed by atoms with Crippen LogP contribution in [0.5, 0.6) is 0 Å². The first-order valence-electron chi connectivity index (χ1n) is 5.08. The van der Waals surface area contributed by atoms with Crippen LogP contribution in [0, 0.1) is 5.92 Å². The zero-order valence-electron chi connectivity index (χ0n) is 8.32. The highest BCUT2D eigenvalue weighted by molar-refractivity contribution is 5.87. The molecule has 1 N–H and O–H groups in total. The van der Waals surface area contributed by atoms with Gasteiger partial charge in [-0.15, -0.1) is 0 Å². The lowest BCUT2D eigenvalue weighted by atomic mass is 9.80. The molecule has 2 aliphatic rings. The molecule has 1 saturated carbocycles. The standard InChI is InChI=1S/C10H15NO3/c1-7(12)11-6-8-3-2-4-10(11,5-8)9(13)14/h8H,2-6H2,1H3,(H,13,14)/t8-,10+/m1/s1. The molecule has 2 bridgehead atoms. The monoisotopic (exact) mass is 197 g/mol. The molecule has 0 unspecified atom stereocenters. The summed E-state index contributed by atoms with van der Waals surface area (Å²) in [6.07, 6.45) is 3.28. The lowest BCUT2D eigenvalue weighted by Crippen LogP contribution is -2.52. The van der Waals surface area contributed by atoms with Crippen molar-refractivity contribution in [1.82, 2.24) is 4.90 Å². The van der Waals surface area contributed by atoms with E-state index in [4.69, 9.17) is 0 Å². The maximum Gasteiger partial charge on any atom is 0.329 e. The van der Waals surface area contributed by atoms with E-state index in [0.29, 0.717) is 25.3 Å². The first kappa shape index (κ1) is 9.49. The summed E-state index contributed by atoms with van der Waals surface area (Å²) in [5.41, 5.74) is -0.866. The molecule has 78 valence electrons. The molecule has 2 atom stereocenters. The molecule has 1 heterocycles. The molecule has 14 heavy (non-hydrogen) atoms. The molecular weight excluding hydrogens is 182 g/mol. The minimum absolute atomic E-state index is 0.100. The SMILES string of the molecule is CC(=O)N1C[C@@H]2CCC[C@@]1(C(=O)O)C2. The van der Waals surface area contributed by atoms with E-state index < -0.39 is 11.5 Å². The number of carboxylic acids is 1. The van der Waals surface area contributed by atoms with Crippen molar-refractivity contribution in [1.29, 1.82) is 0 Å². The average molecular weight is 197 g/mol. The van der Waals surface area contributed by atoms with Gasteiger partial charge >= 0.3 is 5.97 Å². The number of amides is 1. The largest absolute Gasteiger partial charge is 0.479 e. The van der Waals surface area contributed by atoms with E-state index in [1.165, 1.54) is 6.92 Å². The third kappa shape index (κ3) is 1.13. The topological polar surface area (TPSA) is 57.6 Å². The van der Waals surface area contributed by atoms with Crippen molar-refractivity contribution < 1.29 is 14.7 Å². The summed E-state index contributed by atoms with van der Waals surface area (Å²) >= 11 is 0. The third-order valence-corrected chi connectivity index (χ3v) is 3.56. The molecule has 0 aromatic carbocycles. The van der Waals surface area contributed by atoms with E-state index in [1.807, 2.05) is 0 Å². The second-order valence-electron chi connectivity index (χ2n) is 4.43. The van der Waals surface area contributed by atoms with E-state index in [9.17, 15) is 14.7 Å². The van der Waals surface area contributed by atoms with Gasteiger partial charge in [-0.3, -0.25) is 4.79 Å². The summed E-state index contributed by atoms with van der Waals surface area (Å²) in [6, 6.07) is 0. The molecular formula is C10H15NO3. The molecule has 1 aliphatic carbocycles. The third-order valence-electron chi connectivity index (χ3n) is 3.56. The van der Waals surface area contributed by atoms with E-state index in [2.05, 4.69) is 0 Å². The normalized spacial score (nSPS) is 35.8. The van der Waals surface area contributed by atoms with Crippen molar-refractivity contribution in [3.63, 3.8) is 0 Å². The van der Waals surface area contributed by atoms with Crippen LogP contribution in [0.15, 0.2) is 0 Å². The number of carbonyl (C=O) groups excluding carboxylic acids is 1. The number of carbonyl (C=O) groups is 2. The molecule has 1 aliphatic heterocycles. The first-order chi connectivity index (χ1) is 6.56. The summed E-state index contributed by atoms with van der Waals surface area (Å²) in [7, 11) is 0. The Morgan fingerprint density at radius 3 is 2.79 bits per heavy atom. The Balaban J connectivity index is 2.34. The van der Waals surface area contributed by atoms with Crippen LogP contribution in [0.2, 0.25) is 0 Å². The summed E-state index contributed by atoms with van der Waals surface area (Å²) < 4.78 is 0. The van der Waals surface area contributed by atoms with Crippen LogP contribution in [0.1, 0.15) is 32.6 Å². The van der Waals surface area contributed by atoms with Gasteiger partial charge in [0.15, 0.2) is 0 Å². The number of fused-ring (bicyclic) bond motifs is 2. The Kier molecular flexibility index (Phi) is 2.01. The zero-order chi connectivity index (χ0) is 10.3. The number of rotatable bonds is 1. The molecule has 0 aromatic rings. The van der Waals surface area contributed by atoms with Gasteiger partial charge in [0.2, 0.25) is 5.91 Å². The molecule has 4 nitrogen and oxygen atoms in total. The van der Waals surface area contributed by atoms with Crippen LogP contribution >= 0.6 is 0 Å². The fourth-order valence-electron chi connectivity index (χ4n) is 2.94. The van der Waals surface area contributed by atoms with Crippen molar-refractivity contribution in [2.45, 2.75) is 38.1 Å². The van der Waals surface area contributed by atoms with Crippen LogP contribution in [-0.2, 0) is 9.59 Å². The number of carboxylic acid groups (broad SMARTS) is 1. The van der Waals surface area contributed by atoms with Crippen molar-refractivity contribution in [3.8, 4) is 0 Å². The fraction of sp³-hybridized carbons (Fsp3) is 0.800. The van der Waals surface area contributed by atoms with Crippen LogP contribution < -0.4 is 0 Å². The van der Waals surface area contributed by atoms with Crippen molar-refractivity contribution in [2.75, 3.05) is 6.54 Å². The molecule has 0 radical (unpaired) electrons. The summed E-state index contributed by atoms with van der Waals surface area (Å²) in [5.74, 6) is -0.518. The van der Waals surface area contributed by atoms with Gasteiger partial charge in [-0.1, -0.05) is 6.42 Å². The van der Waals surface area contributed by atoms with Crippen molar-refractivity contribution in [3.05, 3.63) is 0 Å². The minimum atomic E-state index is -0.866. The van der Waals surface area contributed by atoms with Crippen molar-refractivity contribution in [2.24, 2.45) is 5.92 Å². The average Bonchev–Trinajstić information content (AvgIpc) is 2.39. The molecule has 0 aromatic heterocycles. The van der Waals surface area contributed by atoms with Gasteiger partial charge in [0.05, 0.1) is 0 Å². The van der Waals surface area contributed by atoms with Gasteiger partial charge in [-0.05, 0) is 25.2 Å². The predicted octanol–water partition coefficient (Wildman–Crippen LogP) is 0.862. The van der Waals surface area contributed by atoms with Gasteiger partial charge in [0.1, 0.15) is 5.54 Å². The summed E-state index contributed by atoms with van der Waals surface area (Å²) in [4.78, 5) is 24.2. The predicted molar refractivity (Wildman–Crippen MR) is 49.7 cm³/mol. The van der Waals surface area contributed by atoms with Crippen LogP contribution in [0.3, 0.4) is 0 Å².